The fourth-order valence-electron chi connectivity index (χ4n) is 7.66. The number of hydrogen-bond acceptors (Lipinski definition) is 23. The third kappa shape index (κ3) is 23.6. The van der Waals surface area contributed by atoms with Gasteiger partial charge in [0.15, 0.2) is 23.0 Å². The first kappa shape index (κ1) is 85.9. The first-order chi connectivity index (χ1) is 48.1. The highest BCUT2D eigenvalue weighted by Crippen LogP contribution is 2.41. The molecule has 560 valence electrons. The summed E-state index contributed by atoms with van der Waals surface area (Å²) in [6.45, 7) is 0.0554. The number of aromatic amines is 2. The number of H-pyrrole nitrogens is 2. The predicted octanol–water partition coefficient (Wildman–Crippen LogP) is 12.6. The molecule has 49 heteroatoms. The minimum atomic E-state index is -4.86. The Balaban J connectivity index is 0.000000259. The number of hydrogen-bond donors (Lipinski definition) is 8. The summed E-state index contributed by atoms with van der Waals surface area (Å²) in [6, 6.07) is 13.3. The van der Waals surface area contributed by atoms with Crippen LogP contribution in [0.5, 0.6) is 0 Å². The second kappa shape index (κ2) is 36.8. The van der Waals surface area contributed by atoms with E-state index in [2.05, 4.69) is 69.9 Å². The number of sulfonamides is 3. The highest BCUT2D eigenvalue weighted by Gasteiger charge is 2.38. The van der Waals surface area contributed by atoms with Crippen LogP contribution in [0.4, 0.5) is 62.4 Å². The summed E-state index contributed by atoms with van der Waals surface area (Å²) < 4.78 is 222. The number of carbonyl (C=O) groups excluding carboxylic acids is 2. The average Bonchev–Trinajstić information content (AvgIpc) is 1.19. The maximum Gasteiger partial charge on any atom is 0.417 e. The van der Waals surface area contributed by atoms with Crippen molar-refractivity contribution in [2.75, 3.05) is 47.8 Å². The number of nitrogens with one attached hydrogen (secondary N) is 6. The number of rotatable bonds is 19. The van der Waals surface area contributed by atoms with E-state index >= 15 is 0 Å². The Kier molecular flexibility index (Phi) is 30.4. The number of nitrogen functional groups attached to an aromatic ring is 2. The van der Waals surface area contributed by atoms with Gasteiger partial charge in [0.25, 0.3) is 41.9 Å². The number of carbonyl (C=O) groups is 2. The molecule has 0 bridgehead atoms. The topological polar surface area (TPSA) is 430 Å². The third-order valence-corrected chi connectivity index (χ3v) is 17.8. The van der Waals surface area contributed by atoms with E-state index in [0.29, 0.717) is 35.7 Å². The molecule has 104 heavy (non-hydrogen) atoms. The van der Waals surface area contributed by atoms with Crippen molar-refractivity contribution < 1.29 is 93.0 Å². The maximum absolute atomic E-state index is 13.3. The highest BCUT2D eigenvalue weighted by atomic mass is 35.5. The Morgan fingerprint density at radius 1 is 0.558 bits per heavy atom. The summed E-state index contributed by atoms with van der Waals surface area (Å²) in [4.78, 5) is 31.1. The molecular formula is C55H48Cl7F9N18O12S3. The van der Waals surface area contributed by atoms with Crippen molar-refractivity contribution >= 4 is 145 Å². The van der Waals surface area contributed by atoms with Gasteiger partial charge >= 0.3 is 18.5 Å². The van der Waals surface area contributed by atoms with Gasteiger partial charge in [-0.05, 0) is 90.5 Å². The van der Waals surface area contributed by atoms with Crippen LogP contribution in [-0.2, 0) is 80.8 Å². The van der Waals surface area contributed by atoms with Crippen LogP contribution in [0.25, 0.3) is 28.9 Å². The lowest BCUT2D eigenvalue weighted by Gasteiger charge is -2.15. The molecule has 30 nitrogen and oxygen atoms in total. The molecule has 0 aliphatic rings. The number of amides is 1. The number of halogens is 16. The molecule has 0 aliphatic carbocycles. The van der Waals surface area contributed by atoms with Gasteiger partial charge in [0.1, 0.15) is 37.2 Å². The summed E-state index contributed by atoms with van der Waals surface area (Å²) in [5.41, 5.74) is 1.78. The highest BCUT2D eigenvalue weighted by molar-refractivity contribution is 7.93. The minimum absolute atomic E-state index is 0. The molecule has 0 saturated carbocycles. The quantitative estimate of drug-likeness (QED) is 0.0122. The van der Waals surface area contributed by atoms with Crippen LogP contribution in [0.2, 0.25) is 30.1 Å². The number of methoxy groups -OCH3 is 3. The zero-order valence-electron chi connectivity index (χ0n) is 51.4. The number of anilines is 4. The van der Waals surface area contributed by atoms with Crippen LogP contribution < -0.4 is 31.2 Å². The summed E-state index contributed by atoms with van der Waals surface area (Å²) in [7, 11) is -9.27. The van der Waals surface area contributed by atoms with Gasteiger partial charge < -0.3 is 24.4 Å². The molecule has 10 N–H and O–H groups in total. The monoisotopic (exact) mass is 1660 g/mol. The molecule has 0 spiro atoms. The lowest BCUT2D eigenvalue weighted by Crippen LogP contribution is -2.31. The van der Waals surface area contributed by atoms with Crippen LogP contribution in [0.15, 0.2) is 135 Å². The minimum Gasteiger partial charge on any atom is -0.417 e. The molecule has 1 amide bonds. The normalized spacial score (nSPS) is 11.6. The van der Waals surface area contributed by atoms with Crippen molar-refractivity contribution in [3.63, 3.8) is 0 Å². The molecule has 0 atom stereocenters. The van der Waals surface area contributed by atoms with E-state index in [1.807, 2.05) is 4.72 Å². The van der Waals surface area contributed by atoms with Gasteiger partial charge in [-0.15, -0.1) is 20.4 Å². The van der Waals surface area contributed by atoms with Gasteiger partial charge in [0, 0.05) is 46.0 Å². The standard InChI is InChI=1S/C19H14Cl2F3N7O3S.C16H11Cl2F3N4O4S.C13H9Cl2F3N4O3S.C3H5ClO2.C3H5N3.CH4/c1-34-9-16-28-29-18(31(16)15-4-5-26-27-15)17-14(6-10(20)8-25-17)30-35(32,33)11-2-3-13(21)12(7-11)19(22,23)24;1-28-7-13-23-24-15(29-13)14-12(4-8(17)6-22-14)25-30(26,27)9-2-3-11(18)10(5-9)16(19,20)21;14-6-3-10(11(20-5-6)12(23)21-19)22-26(24,25)7-1-2-9(15)8(4-7)13(16,17)18;1-6-2-3(4)5;4-3-1-2-5-6-3;/h2-8,30H,9H2,1H3,(H,26,27);2-6,25H,7H2,1H3;1-5,22H,19H2,(H,21,23);2H2,1H3;1-2H,(H3,4,5,6);1H4. The zero-order chi connectivity index (χ0) is 76.6. The molecule has 0 saturated heterocycles. The Morgan fingerprint density at radius 2 is 0.990 bits per heavy atom. The first-order valence-electron chi connectivity index (χ1n) is 27.0. The SMILES string of the molecule is C.COCC(=O)Cl.COCc1nnc(-c2ncc(Cl)cc2NS(=O)(=O)c2ccc(Cl)c(C(F)(F)F)c2)n1-c1ccn[nH]1.COCc1nnc(-c2ncc(Cl)cc2NS(=O)(=O)c2ccc(Cl)c(C(F)(F)F)c2)o1.NNC(=O)c1ncc(Cl)cc1NS(=O)(=O)c1ccc(Cl)c(C(F)(F)F)c1.Nc1ccn[nH]1. The summed E-state index contributed by atoms with van der Waals surface area (Å²) in [5.74, 6) is 5.45. The van der Waals surface area contributed by atoms with E-state index in [4.69, 9.17) is 107 Å². The van der Waals surface area contributed by atoms with Crippen LogP contribution in [0.3, 0.4) is 0 Å². The molecule has 0 aliphatic heterocycles. The second-order valence-electron chi connectivity index (χ2n) is 19.2. The molecule has 7 heterocycles. The number of aromatic nitrogens is 12. The molecule has 0 radical (unpaired) electrons. The van der Waals surface area contributed by atoms with Gasteiger partial charge in [0.2, 0.25) is 11.1 Å². The van der Waals surface area contributed by atoms with Gasteiger partial charge in [-0.3, -0.25) is 43.9 Å². The van der Waals surface area contributed by atoms with Crippen LogP contribution in [0, 0.1) is 0 Å². The zero-order valence-corrected chi connectivity index (χ0v) is 59.1. The maximum atomic E-state index is 13.3. The smallest absolute Gasteiger partial charge is 0.417 e. The summed E-state index contributed by atoms with van der Waals surface area (Å²) >= 11 is 39.1. The third-order valence-electron chi connectivity index (χ3n) is 12.0. The van der Waals surface area contributed by atoms with Crippen molar-refractivity contribution in [1.29, 1.82) is 0 Å². The predicted molar refractivity (Wildman–Crippen MR) is 361 cm³/mol. The Hall–Kier alpha value is -8.76. The Labute approximate surface area is 616 Å². The molecule has 10 rings (SSSR count). The van der Waals surface area contributed by atoms with E-state index in [1.54, 1.807) is 23.8 Å². The Morgan fingerprint density at radius 3 is 1.38 bits per heavy atom. The van der Waals surface area contributed by atoms with Gasteiger partial charge in [-0.25, -0.2) is 46.0 Å². The number of alkyl halides is 9. The number of pyridine rings is 3. The van der Waals surface area contributed by atoms with E-state index in [9.17, 15) is 74.4 Å². The first-order valence-corrected chi connectivity index (χ1v) is 34.1. The Bertz CT molecular complexity index is 4980. The van der Waals surface area contributed by atoms with Gasteiger partial charge in [-0.1, -0.05) is 77.0 Å². The van der Waals surface area contributed by atoms with E-state index in [1.165, 1.54) is 56.6 Å². The van der Waals surface area contributed by atoms with Crippen LogP contribution >= 0.6 is 81.2 Å². The molecule has 3 aromatic carbocycles. The van der Waals surface area contributed by atoms with Gasteiger partial charge in [-0.2, -0.15) is 49.7 Å². The summed E-state index contributed by atoms with van der Waals surface area (Å²) in [6.07, 6.45) is -7.95. The summed E-state index contributed by atoms with van der Waals surface area (Å²) in [5, 5.41) is 26.0. The number of nitrogens with zero attached hydrogens (tertiary/aromatic N) is 10. The lowest BCUT2D eigenvalue weighted by atomic mass is 10.2. The molecule has 10 aromatic rings. The number of ether oxygens (including phenoxy) is 3. The van der Waals surface area contributed by atoms with Crippen LogP contribution in [-0.4, -0.2) is 125 Å². The molecular weight excluding hydrogens is 1620 g/mol. The fraction of sp³-hybridized carbons (Fsp3) is 0.182. The molecule has 7 aromatic heterocycles. The second-order valence-corrected chi connectivity index (χ2v) is 27.2. The van der Waals surface area contributed by atoms with E-state index < -0.39 is 112 Å². The van der Waals surface area contributed by atoms with Crippen molar-refractivity contribution in [1.82, 2.24) is 65.7 Å². The fourth-order valence-corrected chi connectivity index (χ4v) is 12.2. The van der Waals surface area contributed by atoms with E-state index in [0.717, 1.165) is 48.7 Å². The molecule has 0 fully saturated rings. The van der Waals surface area contributed by atoms with Crippen molar-refractivity contribution in [2.24, 2.45) is 5.84 Å². The largest absolute Gasteiger partial charge is 0.417 e. The lowest BCUT2D eigenvalue weighted by molar-refractivity contribution is -0.138. The number of benzene rings is 3. The van der Waals surface area contributed by atoms with Gasteiger partial charge in [0.05, 0.1) is 91.0 Å². The van der Waals surface area contributed by atoms with E-state index in [-0.39, 0.29) is 88.4 Å². The number of nitrogens with two attached hydrogens (primary N) is 2. The number of hydrazine groups is 1. The van der Waals surface area contributed by atoms with Crippen LogP contribution in [0.1, 0.15) is 46.3 Å². The molecule has 0 unspecified atom stereocenters. The van der Waals surface area contributed by atoms with Crippen molar-refractivity contribution in [3.05, 3.63) is 180 Å². The average molecular weight is 1670 g/mol. The van der Waals surface area contributed by atoms with Crippen molar-refractivity contribution in [3.8, 4) is 28.9 Å². The van der Waals surface area contributed by atoms with Crippen molar-refractivity contribution in [2.45, 2.75) is 53.9 Å².